The van der Waals surface area contributed by atoms with Crippen molar-refractivity contribution < 1.29 is 4.74 Å². The third-order valence-corrected chi connectivity index (χ3v) is 2.70. The third kappa shape index (κ3) is 3.60. The molecule has 2 aromatic rings. The number of hydrogen-bond donors (Lipinski definition) is 0. The van der Waals surface area contributed by atoms with Crippen LogP contribution in [0.5, 0.6) is 0 Å². The van der Waals surface area contributed by atoms with Gasteiger partial charge in [0.05, 0.1) is 5.60 Å². The average molecular weight is 231 g/mol. The average Bonchev–Trinajstić information content (AvgIpc) is 2.65. The lowest BCUT2D eigenvalue weighted by atomic mass is 10.2. The molecule has 0 radical (unpaired) electrons. The van der Waals surface area contributed by atoms with Crippen LogP contribution in [0.25, 0.3) is 10.8 Å². The topological polar surface area (TPSA) is 14.2 Å². The fraction of sp³-hybridized carbons (Fsp3) is 0.467. The van der Waals surface area contributed by atoms with Crippen LogP contribution in [-0.2, 0) is 11.3 Å². The van der Waals surface area contributed by atoms with Crippen molar-refractivity contribution in [3.63, 3.8) is 0 Å². The highest BCUT2D eigenvalue weighted by Gasteiger charge is 2.08. The van der Waals surface area contributed by atoms with Gasteiger partial charge >= 0.3 is 0 Å². The van der Waals surface area contributed by atoms with Gasteiger partial charge in [0.2, 0.25) is 0 Å². The predicted octanol–water partition coefficient (Wildman–Crippen LogP) is 3.85. The molecule has 2 rings (SSSR count). The van der Waals surface area contributed by atoms with Gasteiger partial charge in [0.1, 0.15) is 0 Å². The van der Waals surface area contributed by atoms with E-state index in [0.29, 0.717) is 0 Å². The molecule has 0 saturated heterocycles. The maximum absolute atomic E-state index is 5.71. The molecule has 92 valence electrons. The summed E-state index contributed by atoms with van der Waals surface area (Å²) >= 11 is 0. The van der Waals surface area contributed by atoms with Gasteiger partial charge in [-0.2, -0.15) is 0 Å². The Balaban J connectivity index is 1.87. The second-order valence-corrected chi connectivity index (χ2v) is 5.44. The SMILES string of the molecule is CC(C)(C)OCCCn1cc2ccccc2c1. The Morgan fingerprint density at radius 1 is 1.06 bits per heavy atom. The van der Waals surface area contributed by atoms with Gasteiger partial charge in [0.25, 0.3) is 0 Å². The van der Waals surface area contributed by atoms with Crippen molar-refractivity contribution in [2.45, 2.75) is 39.3 Å². The minimum atomic E-state index is -0.0264. The van der Waals surface area contributed by atoms with Crippen LogP contribution in [0.1, 0.15) is 27.2 Å². The monoisotopic (exact) mass is 231 g/mol. The van der Waals surface area contributed by atoms with Gasteiger partial charge in [-0.15, -0.1) is 0 Å². The zero-order chi connectivity index (χ0) is 12.3. The predicted molar refractivity (Wildman–Crippen MR) is 72.3 cm³/mol. The van der Waals surface area contributed by atoms with Crippen molar-refractivity contribution in [2.24, 2.45) is 0 Å². The molecule has 0 bridgehead atoms. The summed E-state index contributed by atoms with van der Waals surface area (Å²) in [5.41, 5.74) is -0.0264. The van der Waals surface area contributed by atoms with Crippen molar-refractivity contribution in [2.75, 3.05) is 6.61 Å². The van der Waals surface area contributed by atoms with Crippen molar-refractivity contribution in [1.29, 1.82) is 0 Å². The molecule has 1 aromatic heterocycles. The molecule has 0 aliphatic heterocycles. The molecular weight excluding hydrogens is 210 g/mol. The molecule has 1 aromatic carbocycles. The Labute approximate surface area is 103 Å². The molecule has 0 unspecified atom stereocenters. The number of rotatable bonds is 4. The second-order valence-electron chi connectivity index (χ2n) is 5.44. The van der Waals surface area contributed by atoms with Crippen LogP contribution in [-0.4, -0.2) is 16.8 Å². The molecule has 0 aliphatic rings. The quantitative estimate of drug-likeness (QED) is 0.729. The van der Waals surface area contributed by atoms with E-state index in [1.54, 1.807) is 0 Å². The first-order valence-corrected chi connectivity index (χ1v) is 6.23. The Hall–Kier alpha value is -1.28. The van der Waals surface area contributed by atoms with Gasteiger partial charge in [-0.25, -0.2) is 0 Å². The molecule has 2 nitrogen and oxygen atoms in total. The Morgan fingerprint density at radius 2 is 1.65 bits per heavy atom. The summed E-state index contributed by atoms with van der Waals surface area (Å²) in [5, 5.41) is 2.62. The minimum Gasteiger partial charge on any atom is -0.376 e. The van der Waals surface area contributed by atoms with Crippen LogP contribution >= 0.6 is 0 Å². The van der Waals surface area contributed by atoms with E-state index < -0.39 is 0 Å². The highest BCUT2D eigenvalue weighted by atomic mass is 16.5. The summed E-state index contributed by atoms with van der Waals surface area (Å²) in [6, 6.07) is 8.46. The Morgan fingerprint density at radius 3 is 2.18 bits per heavy atom. The zero-order valence-corrected chi connectivity index (χ0v) is 10.9. The van der Waals surface area contributed by atoms with E-state index in [1.807, 2.05) is 0 Å². The molecule has 0 N–H and O–H groups in total. The molecule has 0 fully saturated rings. The molecule has 0 spiro atoms. The summed E-state index contributed by atoms with van der Waals surface area (Å²) in [6.45, 7) is 8.12. The summed E-state index contributed by atoms with van der Waals surface area (Å²) < 4.78 is 7.96. The largest absolute Gasteiger partial charge is 0.376 e. The molecular formula is C15H21NO. The maximum atomic E-state index is 5.71. The molecule has 17 heavy (non-hydrogen) atoms. The number of hydrogen-bond acceptors (Lipinski definition) is 1. The van der Waals surface area contributed by atoms with Gasteiger partial charge in [0.15, 0.2) is 0 Å². The van der Waals surface area contributed by atoms with E-state index in [4.69, 9.17) is 4.74 Å². The first-order chi connectivity index (χ1) is 8.04. The van der Waals surface area contributed by atoms with Crippen LogP contribution < -0.4 is 0 Å². The molecule has 0 atom stereocenters. The smallest absolute Gasteiger partial charge is 0.0598 e. The number of ether oxygens (including phenoxy) is 1. The summed E-state index contributed by atoms with van der Waals surface area (Å²) in [6.07, 6.45) is 5.46. The van der Waals surface area contributed by atoms with Crippen molar-refractivity contribution in [3.8, 4) is 0 Å². The van der Waals surface area contributed by atoms with Gasteiger partial charge < -0.3 is 9.30 Å². The molecule has 1 heterocycles. The zero-order valence-electron chi connectivity index (χ0n) is 10.9. The van der Waals surface area contributed by atoms with E-state index in [2.05, 4.69) is 62.0 Å². The van der Waals surface area contributed by atoms with Crippen molar-refractivity contribution in [3.05, 3.63) is 36.7 Å². The van der Waals surface area contributed by atoms with Crippen molar-refractivity contribution >= 4 is 10.8 Å². The van der Waals surface area contributed by atoms with Crippen LogP contribution in [0, 0.1) is 0 Å². The van der Waals surface area contributed by atoms with Gasteiger partial charge in [-0.3, -0.25) is 0 Å². The Kier molecular flexibility index (Phi) is 3.53. The van der Waals surface area contributed by atoms with Gasteiger partial charge in [-0.1, -0.05) is 24.3 Å². The van der Waals surface area contributed by atoms with E-state index in [1.165, 1.54) is 10.8 Å². The van der Waals surface area contributed by atoms with Crippen LogP contribution in [0.2, 0.25) is 0 Å². The fourth-order valence-corrected chi connectivity index (χ4v) is 1.90. The Bertz CT molecular complexity index is 446. The summed E-state index contributed by atoms with van der Waals surface area (Å²) in [5.74, 6) is 0. The normalized spacial score (nSPS) is 12.2. The van der Waals surface area contributed by atoms with E-state index >= 15 is 0 Å². The van der Waals surface area contributed by atoms with E-state index in [9.17, 15) is 0 Å². The van der Waals surface area contributed by atoms with Crippen molar-refractivity contribution in [1.82, 2.24) is 4.57 Å². The lowest BCUT2D eigenvalue weighted by Crippen LogP contribution is -2.20. The fourth-order valence-electron chi connectivity index (χ4n) is 1.90. The van der Waals surface area contributed by atoms with Crippen LogP contribution in [0.4, 0.5) is 0 Å². The lowest BCUT2D eigenvalue weighted by molar-refractivity contribution is -0.00525. The first-order valence-electron chi connectivity index (χ1n) is 6.23. The van der Waals surface area contributed by atoms with Crippen LogP contribution in [0.15, 0.2) is 36.7 Å². The first kappa shape index (κ1) is 12.2. The molecule has 0 aliphatic carbocycles. The standard InChI is InChI=1S/C15H21NO/c1-15(2,3)17-10-6-9-16-11-13-7-4-5-8-14(13)12-16/h4-5,7-8,11-12H,6,9-10H2,1-3H3. The third-order valence-electron chi connectivity index (χ3n) is 2.70. The molecule has 0 amide bonds. The number of nitrogens with zero attached hydrogens (tertiary/aromatic N) is 1. The summed E-state index contributed by atoms with van der Waals surface area (Å²) in [4.78, 5) is 0. The highest BCUT2D eigenvalue weighted by Crippen LogP contribution is 2.15. The summed E-state index contributed by atoms with van der Waals surface area (Å²) in [7, 11) is 0. The maximum Gasteiger partial charge on any atom is 0.0598 e. The van der Waals surface area contributed by atoms with Crippen LogP contribution in [0.3, 0.4) is 0 Å². The van der Waals surface area contributed by atoms with E-state index in [-0.39, 0.29) is 5.60 Å². The van der Waals surface area contributed by atoms with E-state index in [0.717, 1.165) is 19.6 Å². The number of aryl methyl sites for hydroxylation is 1. The molecule has 0 saturated carbocycles. The second kappa shape index (κ2) is 4.92. The minimum absolute atomic E-state index is 0.0264. The van der Waals surface area contributed by atoms with Gasteiger partial charge in [0, 0.05) is 25.5 Å². The number of aromatic nitrogens is 1. The lowest BCUT2D eigenvalue weighted by Gasteiger charge is -2.19. The number of fused-ring (bicyclic) bond motifs is 1. The molecule has 2 heteroatoms. The number of benzene rings is 1. The van der Waals surface area contributed by atoms with Gasteiger partial charge in [-0.05, 0) is 38.0 Å². The highest BCUT2D eigenvalue weighted by molar-refractivity contribution is 5.81.